The van der Waals surface area contributed by atoms with Crippen molar-refractivity contribution in [1.29, 1.82) is 0 Å². The first kappa shape index (κ1) is 13.0. The summed E-state index contributed by atoms with van der Waals surface area (Å²) in [7, 11) is 0. The smallest absolute Gasteiger partial charge is 0.0943 e. The van der Waals surface area contributed by atoms with Crippen LogP contribution in [0, 0.1) is 11.8 Å². The number of rotatable bonds is 3. The maximum absolute atomic E-state index is 6.58. The molecule has 0 radical (unpaired) electrons. The Morgan fingerprint density at radius 2 is 2.29 bits per heavy atom. The molecule has 0 aliphatic heterocycles. The van der Waals surface area contributed by atoms with E-state index in [1.807, 2.05) is 11.6 Å². The van der Waals surface area contributed by atoms with Gasteiger partial charge < -0.3 is 5.73 Å². The molecule has 2 nitrogen and oxygen atoms in total. The van der Waals surface area contributed by atoms with Gasteiger partial charge in [0, 0.05) is 23.5 Å². The first-order valence-corrected chi connectivity index (χ1v) is 7.64. The summed E-state index contributed by atoms with van der Waals surface area (Å²) in [6.45, 7) is 4.68. The molecule has 1 saturated carbocycles. The van der Waals surface area contributed by atoms with Crippen molar-refractivity contribution < 1.29 is 0 Å². The Morgan fingerprint density at radius 3 is 2.94 bits per heavy atom. The predicted molar refractivity (Wildman–Crippen MR) is 74.1 cm³/mol. The maximum atomic E-state index is 6.58. The van der Waals surface area contributed by atoms with Gasteiger partial charge in [-0.05, 0) is 31.1 Å². The predicted octanol–water partition coefficient (Wildman–Crippen LogP) is 3.62. The van der Waals surface area contributed by atoms with E-state index in [4.69, 9.17) is 5.73 Å². The molecular weight excluding hydrogens is 228 g/mol. The maximum Gasteiger partial charge on any atom is 0.0943 e. The highest BCUT2D eigenvalue weighted by atomic mass is 32.1. The van der Waals surface area contributed by atoms with Crippen LogP contribution in [0.3, 0.4) is 0 Å². The summed E-state index contributed by atoms with van der Waals surface area (Å²) in [5.74, 6) is 1.67. The lowest BCUT2D eigenvalue weighted by Crippen LogP contribution is -2.41. The van der Waals surface area contributed by atoms with Crippen LogP contribution in [0.25, 0.3) is 0 Å². The second kappa shape index (κ2) is 5.49. The fourth-order valence-corrected chi connectivity index (χ4v) is 3.71. The third-order valence-electron chi connectivity index (χ3n) is 4.19. The fraction of sp³-hybridized carbons (Fsp3) is 0.786. The Bertz CT molecular complexity index is 334. The van der Waals surface area contributed by atoms with Crippen LogP contribution in [0.15, 0.2) is 11.6 Å². The Morgan fingerprint density at radius 1 is 1.47 bits per heavy atom. The van der Waals surface area contributed by atoms with Crippen molar-refractivity contribution in [3.8, 4) is 0 Å². The molecule has 1 aromatic rings. The zero-order valence-electron chi connectivity index (χ0n) is 11.0. The topological polar surface area (TPSA) is 38.9 Å². The first-order chi connectivity index (χ1) is 8.09. The number of hydrogen-bond donors (Lipinski definition) is 1. The van der Waals surface area contributed by atoms with Crippen molar-refractivity contribution in [2.45, 2.75) is 57.9 Å². The van der Waals surface area contributed by atoms with Gasteiger partial charge in [-0.2, -0.15) is 0 Å². The summed E-state index contributed by atoms with van der Waals surface area (Å²) < 4.78 is 0. The molecule has 96 valence electrons. The summed E-state index contributed by atoms with van der Waals surface area (Å²) in [5, 5.41) is 3.25. The Kier molecular flexibility index (Phi) is 4.21. The molecule has 0 saturated heterocycles. The Balaban J connectivity index is 1.96. The van der Waals surface area contributed by atoms with Gasteiger partial charge in [-0.25, -0.2) is 4.98 Å². The number of nitrogens with zero attached hydrogens (tertiary/aromatic N) is 1. The summed E-state index contributed by atoms with van der Waals surface area (Å²) in [6.07, 6.45) is 9.11. The van der Waals surface area contributed by atoms with Crippen LogP contribution < -0.4 is 5.73 Å². The van der Waals surface area contributed by atoms with Crippen molar-refractivity contribution >= 4 is 11.3 Å². The largest absolute Gasteiger partial charge is 0.325 e. The second-order valence-corrected chi connectivity index (χ2v) is 6.88. The van der Waals surface area contributed by atoms with Gasteiger partial charge in [-0.3, -0.25) is 0 Å². The first-order valence-electron chi connectivity index (χ1n) is 6.76. The van der Waals surface area contributed by atoms with E-state index in [-0.39, 0.29) is 5.54 Å². The molecule has 1 fully saturated rings. The average Bonchev–Trinajstić information content (AvgIpc) is 2.67. The summed E-state index contributed by atoms with van der Waals surface area (Å²) in [4.78, 5) is 4.38. The molecule has 1 aliphatic rings. The van der Waals surface area contributed by atoms with Gasteiger partial charge in [-0.1, -0.05) is 26.7 Å². The fourth-order valence-electron chi connectivity index (χ4n) is 2.94. The van der Waals surface area contributed by atoms with Gasteiger partial charge in [0.25, 0.3) is 0 Å². The number of hydrogen-bond acceptors (Lipinski definition) is 3. The van der Waals surface area contributed by atoms with E-state index in [1.165, 1.54) is 24.3 Å². The van der Waals surface area contributed by atoms with Gasteiger partial charge in [0.2, 0.25) is 0 Å². The zero-order chi connectivity index (χ0) is 12.3. The molecule has 2 unspecified atom stereocenters. The highest BCUT2D eigenvalue weighted by Crippen LogP contribution is 2.34. The lowest BCUT2D eigenvalue weighted by Gasteiger charge is -2.27. The molecule has 3 heteroatoms. The average molecular weight is 252 g/mol. The molecule has 17 heavy (non-hydrogen) atoms. The van der Waals surface area contributed by atoms with Gasteiger partial charge in [0.1, 0.15) is 0 Å². The molecule has 0 spiro atoms. The van der Waals surface area contributed by atoms with E-state index >= 15 is 0 Å². The van der Waals surface area contributed by atoms with E-state index < -0.39 is 0 Å². The molecule has 0 amide bonds. The lowest BCUT2D eigenvalue weighted by atomic mass is 9.85. The van der Waals surface area contributed by atoms with E-state index in [0.717, 1.165) is 31.1 Å². The third-order valence-corrected chi connectivity index (χ3v) is 4.97. The zero-order valence-corrected chi connectivity index (χ0v) is 11.8. The quantitative estimate of drug-likeness (QED) is 0.834. The molecule has 1 aliphatic carbocycles. The molecule has 1 aromatic heterocycles. The van der Waals surface area contributed by atoms with Crippen LogP contribution in [0.4, 0.5) is 0 Å². The molecule has 0 bridgehead atoms. The second-order valence-electron chi connectivity index (χ2n) is 5.90. The standard InChI is InChI=1S/C14H24N2S/c1-11(2)12-4-3-6-14(15,7-5-12)10-13-16-8-9-17-13/h8-9,11-12H,3-7,10,15H2,1-2H3. The van der Waals surface area contributed by atoms with Gasteiger partial charge in [0.05, 0.1) is 5.01 Å². The normalized spacial score (nSPS) is 30.5. The molecule has 2 atom stereocenters. The van der Waals surface area contributed by atoms with Crippen LogP contribution >= 0.6 is 11.3 Å². The summed E-state index contributed by atoms with van der Waals surface area (Å²) >= 11 is 1.74. The molecule has 0 aromatic carbocycles. The lowest BCUT2D eigenvalue weighted by molar-refractivity contribution is 0.321. The highest BCUT2D eigenvalue weighted by Gasteiger charge is 2.31. The van der Waals surface area contributed by atoms with Gasteiger partial charge in [-0.15, -0.1) is 11.3 Å². The van der Waals surface area contributed by atoms with Crippen molar-refractivity contribution in [1.82, 2.24) is 4.98 Å². The van der Waals surface area contributed by atoms with E-state index in [9.17, 15) is 0 Å². The van der Waals surface area contributed by atoms with Crippen LogP contribution in [0.1, 0.15) is 51.0 Å². The van der Waals surface area contributed by atoms with Gasteiger partial charge in [0.15, 0.2) is 0 Å². The number of nitrogens with two attached hydrogens (primary N) is 1. The van der Waals surface area contributed by atoms with Crippen LogP contribution in [-0.4, -0.2) is 10.5 Å². The SMILES string of the molecule is CC(C)C1CCCC(N)(Cc2nccs2)CC1. The molecular formula is C14H24N2S. The monoisotopic (exact) mass is 252 g/mol. The van der Waals surface area contributed by atoms with Gasteiger partial charge >= 0.3 is 0 Å². The van der Waals surface area contributed by atoms with Crippen molar-refractivity contribution in [2.75, 3.05) is 0 Å². The van der Waals surface area contributed by atoms with Crippen molar-refractivity contribution in [3.63, 3.8) is 0 Å². The molecule has 2 N–H and O–H groups in total. The number of aromatic nitrogens is 1. The van der Waals surface area contributed by atoms with E-state index in [1.54, 1.807) is 11.3 Å². The van der Waals surface area contributed by atoms with Crippen molar-refractivity contribution in [2.24, 2.45) is 17.6 Å². The number of thiazole rings is 1. The highest BCUT2D eigenvalue weighted by molar-refractivity contribution is 7.09. The Labute approximate surface area is 109 Å². The van der Waals surface area contributed by atoms with E-state index in [0.29, 0.717) is 0 Å². The minimum Gasteiger partial charge on any atom is -0.325 e. The third kappa shape index (κ3) is 3.52. The van der Waals surface area contributed by atoms with E-state index in [2.05, 4.69) is 18.8 Å². The van der Waals surface area contributed by atoms with Crippen LogP contribution in [-0.2, 0) is 6.42 Å². The summed E-state index contributed by atoms with van der Waals surface area (Å²) in [5.41, 5.74) is 6.58. The molecule has 2 rings (SSSR count). The Hall–Kier alpha value is -0.410. The van der Waals surface area contributed by atoms with Crippen molar-refractivity contribution in [3.05, 3.63) is 16.6 Å². The minimum absolute atomic E-state index is 0.00148. The van der Waals surface area contributed by atoms with Crippen LogP contribution in [0.2, 0.25) is 0 Å². The minimum atomic E-state index is 0.00148. The van der Waals surface area contributed by atoms with Crippen LogP contribution in [0.5, 0.6) is 0 Å². The molecule has 1 heterocycles. The summed E-state index contributed by atoms with van der Waals surface area (Å²) in [6, 6.07) is 0.